The molecule has 0 fully saturated rings. The van der Waals surface area contributed by atoms with Gasteiger partial charge in [-0.3, -0.25) is 0 Å². The van der Waals surface area contributed by atoms with Crippen molar-refractivity contribution in [3.63, 3.8) is 0 Å². The Morgan fingerprint density at radius 1 is 1.00 bits per heavy atom. The molecule has 0 aliphatic heterocycles. The normalized spacial score (nSPS) is 16.4. The molecular formula is C11H26O3Si. The molecule has 2 N–H and O–H groups in total. The predicted octanol–water partition coefficient (Wildman–Crippen LogP) is 2.49. The Balaban J connectivity index is 4.27. The molecule has 0 aliphatic carbocycles. The first-order valence-corrected chi connectivity index (χ1v) is 8.62. The van der Waals surface area contributed by atoms with E-state index in [9.17, 15) is 10.2 Å². The molecule has 3 nitrogen and oxygen atoms in total. The summed E-state index contributed by atoms with van der Waals surface area (Å²) in [5.41, 5.74) is 0. The lowest BCUT2D eigenvalue weighted by atomic mass is 10.2. The highest BCUT2D eigenvalue weighted by atomic mass is 28.4. The summed E-state index contributed by atoms with van der Waals surface area (Å²) in [5, 5.41) is 19.4. The number of hydrogen-bond acceptors (Lipinski definition) is 3. The second-order valence-electron chi connectivity index (χ2n) is 4.11. The second kappa shape index (κ2) is 7.38. The summed E-state index contributed by atoms with van der Waals surface area (Å²) in [6.07, 6.45) is -0.258. The predicted molar refractivity (Wildman–Crippen MR) is 65.2 cm³/mol. The first-order chi connectivity index (χ1) is 7.05. The van der Waals surface area contributed by atoms with Crippen molar-refractivity contribution in [2.24, 2.45) is 0 Å². The number of rotatable bonds is 8. The van der Waals surface area contributed by atoms with E-state index in [-0.39, 0.29) is 0 Å². The minimum absolute atomic E-state index is 0.600. The van der Waals surface area contributed by atoms with E-state index < -0.39 is 20.7 Å². The van der Waals surface area contributed by atoms with Crippen LogP contribution in [0.5, 0.6) is 0 Å². The van der Waals surface area contributed by atoms with Crippen molar-refractivity contribution in [1.29, 1.82) is 0 Å². The molecule has 15 heavy (non-hydrogen) atoms. The zero-order chi connectivity index (χ0) is 11.9. The first kappa shape index (κ1) is 15.1. The van der Waals surface area contributed by atoms with Gasteiger partial charge in [-0.05, 0) is 24.6 Å². The van der Waals surface area contributed by atoms with Crippen LogP contribution in [0.15, 0.2) is 0 Å². The van der Waals surface area contributed by atoms with Crippen LogP contribution < -0.4 is 0 Å². The van der Waals surface area contributed by atoms with Crippen molar-refractivity contribution >= 4 is 8.32 Å². The van der Waals surface area contributed by atoms with E-state index in [1.165, 1.54) is 0 Å². The molecule has 0 saturated heterocycles. The maximum atomic E-state index is 9.74. The van der Waals surface area contributed by atoms with Gasteiger partial charge >= 0.3 is 0 Å². The number of aliphatic hydroxyl groups is 2. The minimum Gasteiger partial charge on any atom is -0.390 e. The second-order valence-corrected chi connectivity index (χ2v) is 8.83. The molecule has 0 spiro atoms. The van der Waals surface area contributed by atoms with E-state index in [1.807, 2.05) is 6.92 Å². The van der Waals surface area contributed by atoms with Gasteiger partial charge in [0.25, 0.3) is 0 Å². The zero-order valence-electron chi connectivity index (χ0n) is 10.5. The first-order valence-electron chi connectivity index (χ1n) is 6.09. The SMILES string of the molecule is CCCC(O)C(O)O[Si](CC)(CC)CC. The van der Waals surface area contributed by atoms with Crippen LogP contribution in [0, 0.1) is 0 Å². The fourth-order valence-electron chi connectivity index (χ4n) is 1.77. The van der Waals surface area contributed by atoms with Gasteiger partial charge in [0.05, 0.1) is 0 Å². The van der Waals surface area contributed by atoms with Gasteiger partial charge in [0, 0.05) is 0 Å². The summed E-state index contributed by atoms with van der Waals surface area (Å²) in [5.74, 6) is 0. The molecule has 4 heteroatoms. The molecule has 0 aliphatic rings. The summed E-state index contributed by atoms with van der Waals surface area (Å²) in [4.78, 5) is 0. The van der Waals surface area contributed by atoms with E-state index in [4.69, 9.17) is 4.43 Å². The molecule has 92 valence electrons. The van der Waals surface area contributed by atoms with Crippen molar-refractivity contribution in [3.8, 4) is 0 Å². The Labute approximate surface area is 94.6 Å². The summed E-state index contributed by atoms with van der Waals surface area (Å²) >= 11 is 0. The summed E-state index contributed by atoms with van der Waals surface area (Å²) < 4.78 is 5.74. The van der Waals surface area contributed by atoms with E-state index in [2.05, 4.69) is 20.8 Å². The summed E-state index contributed by atoms with van der Waals surface area (Å²) in [6, 6.07) is 2.99. The van der Waals surface area contributed by atoms with Gasteiger partial charge in [0.1, 0.15) is 6.10 Å². The molecule has 2 unspecified atom stereocenters. The highest BCUT2D eigenvalue weighted by Gasteiger charge is 2.33. The van der Waals surface area contributed by atoms with Gasteiger partial charge < -0.3 is 14.6 Å². The third-order valence-electron chi connectivity index (χ3n) is 3.22. The van der Waals surface area contributed by atoms with Crippen LogP contribution in [0.25, 0.3) is 0 Å². The molecule has 0 rings (SSSR count). The topological polar surface area (TPSA) is 49.7 Å². The lowest BCUT2D eigenvalue weighted by Gasteiger charge is -2.32. The molecule has 2 atom stereocenters. The van der Waals surface area contributed by atoms with Gasteiger partial charge in [-0.25, -0.2) is 0 Å². The monoisotopic (exact) mass is 234 g/mol. The summed E-state index contributed by atoms with van der Waals surface area (Å²) in [6.45, 7) is 8.31. The molecule has 0 heterocycles. The fraction of sp³-hybridized carbons (Fsp3) is 1.00. The lowest BCUT2D eigenvalue weighted by Crippen LogP contribution is -2.44. The van der Waals surface area contributed by atoms with Crippen LogP contribution in [0.1, 0.15) is 40.5 Å². The maximum Gasteiger partial charge on any atom is 0.195 e. The Morgan fingerprint density at radius 2 is 1.47 bits per heavy atom. The Bertz CT molecular complexity index is 152. The minimum atomic E-state index is -1.78. The Kier molecular flexibility index (Phi) is 7.43. The van der Waals surface area contributed by atoms with Gasteiger partial charge in [0.2, 0.25) is 0 Å². The number of hydrogen-bond donors (Lipinski definition) is 2. The third kappa shape index (κ3) is 4.63. The van der Waals surface area contributed by atoms with Gasteiger partial charge in [-0.2, -0.15) is 0 Å². The average Bonchev–Trinajstić information content (AvgIpc) is 2.26. The molecule has 0 radical (unpaired) electrons. The van der Waals surface area contributed by atoms with Crippen LogP contribution in [-0.4, -0.2) is 30.9 Å². The van der Waals surface area contributed by atoms with Crippen molar-refractivity contribution in [3.05, 3.63) is 0 Å². The Hall–Kier alpha value is 0.0969. The van der Waals surface area contributed by atoms with Crippen LogP contribution in [-0.2, 0) is 4.43 Å². The van der Waals surface area contributed by atoms with Crippen LogP contribution in [0.4, 0.5) is 0 Å². The highest BCUT2D eigenvalue weighted by Crippen LogP contribution is 2.24. The molecule has 0 aromatic carbocycles. The van der Waals surface area contributed by atoms with Crippen molar-refractivity contribution < 1.29 is 14.6 Å². The molecule has 0 bridgehead atoms. The molecule has 0 aromatic rings. The number of aliphatic hydroxyl groups excluding tert-OH is 2. The Morgan fingerprint density at radius 3 is 1.80 bits per heavy atom. The zero-order valence-corrected chi connectivity index (χ0v) is 11.5. The van der Waals surface area contributed by atoms with E-state index in [1.54, 1.807) is 0 Å². The molecular weight excluding hydrogens is 208 g/mol. The van der Waals surface area contributed by atoms with Gasteiger partial charge in [-0.15, -0.1) is 0 Å². The molecule has 0 amide bonds. The van der Waals surface area contributed by atoms with Crippen LogP contribution in [0.3, 0.4) is 0 Å². The quantitative estimate of drug-likeness (QED) is 0.501. The third-order valence-corrected chi connectivity index (χ3v) is 7.82. The summed E-state index contributed by atoms with van der Waals surface area (Å²) in [7, 11) is -1.78. The van der Waals surface area contributed by atoms with Gasteiger partial charge in [-0.1, -0.05) is 34.1 Å². The van der Waals surface area contributed by atoms with Crippen LogP contribution >= 0.6 is 0 Å². The molecule has 0 aromatic heterocycles. The van der Waals surface area contributed by atoms with Crippen LogP contribution in [0.2, 0.25) is 18.1 Å². The van der Waals surface area contributed by atoms with Crippen molar-refractivity contribution in [2.75, 3.05) is 0 Å². The largest absolute Gasteiger partial charge is 0.390 e. The molecule has 0 saturated carbocycles. The smallest absolute Gasteiger partial charge is 0.195 e. The standard InChI is InChI=1S/C11H26O3Si/c1-5-9-10(12)11(13)14-15(6-2,7-3)8-4/h10-13H,5-9H2,1-4H3. The lowest BCUT2D eigenvalue weighted by molar-refractivity contribution is -0.113. The fourth-order valence-corrected chi connectivity index (χ4v) is 4.44. The highest BCUT2D eigenvalue weighted by molar-refractivity contribution is 6.73. The van der Waals surface area contributed by atoms with E-state index in [0.717, 1.165) is 24.6 Å². The average molecular weight is 234 g/mol. The van der Waals surface area contributed by atoms with Gasteiger partial charge in [0.15, 0.2) is 14.6 Å². The van der Waals surface area contributed by atoms with E-state index in [0.29, 0.717) is 6.42 Å². The van der Waals surface area contributed by atoms with Crippen molar-refractivity contribution in [2.45, 2.75) is 71.1 Å². The van der Waals surface area contributed by atoms with E-state index >= 15 is 0 Å². The van der Waals surface area contributed by atoms with Crippen molar-refractivity contribution in [1.82, 2.24) is 0 Å². The maximum absolute atomic E-state index is 9.74.